The van der Waals surface area contributed by atoms with Crippen LogP contribution in [0.15, 0.2) is 78.9 Å². The molecule has 4 aromatic rings. The summed E-state index contributed by atoms with van der Waals surface area (Å²) in [5.41, 5.74) is 2.30. The Balaban J connectivity index is 1.48. The summed E-state index contributed by atoms with van der Waals surface area (Å²) in [4.78, 5) is 53.6. The molecule has 0 atom stereocenters. The smallest absolute Gasteiger partial charge is 0.343 e. The fourth-order valence-electron chi connectivity index (χ4n) is 4.67. The number of hydrogen-bond donors (Lipinski definition) is 0. The minimum absolute atomic E-state index is 0.194. The monoisotopic (exact) mass is 508 g/mol. The van der Waals surface area contributed by atoms with Crippen LogP contribution in [0.5, 0.6) is 11.5 Å². The molecule has 0 bridgehead atoms. The molecule has 1 heterocycles. The van der Waals surface area contributed by atoms with Crippen molar-refractivity contribution in [1.29, 1.82) is 0 Å². The third-order valence-electron chi connectivity index (χ3n) is 6.54. The van der Waals surface area contributed by atoms with Gasteiger partial charge in [0, 0.05) is 29.7 Å². The Hall–Kier alpha value is -4.98. The predicted octanol–water partition coefficient (Wildman–Crippen LogP) is 5.24. The zero-order valence-corrected chi connectivity index (χ0v) is 20.8. The second-order valence-electron chi connectivity index (χ2n) is 8.64. The van der Waals surface area contributed by atoms with E-state index in [2.05, 4.69) is 18.7 Å². The molecule has 190 valence electrons. The first-order chi connectivity index (χ1) is 18.4. The molecule has 0 aromatic heterocycles. The lowest BCUT2D eigenvalue weighted by Crippen LogP contribution is -2.40. The van der Waals surface area contributed by atoms with E-state index in [1.54, 1.807) is 36.4 Å². The molecule has 4 aromatic carbocycles. The highest BCUT2D eigenvalue weighted by molar-refractivity contribution is 6.36. The highest BCUT2D eigenvalue weighted by Gasteiger charge is 2.34. The van der Waals surface area contributed by atoms with Crippen LogP contribution in [0.1, 0.15) is 44.9 Å². The number of imide groups is 1. The van der Waals surface area contributed by atoms with Crippen LogP contribution in [-0.2, 0) is 4.79 Å². The Morgan fingerprint density at radius 2 is 1.53 bits per heavy atom. The Morgan fingerprint density at radius 3 is 2.18 bits per heavy atom. The third-order valence-corrected chi connectivity index (χ3v) is 6.54. The molecular formula is C30H24N2O6. The van der Waals surface area contributed by atoms with Gasteiger partial charge in [-0.2, -0.15) is 0 Å². The van der Waals surface area contributed by atoms with Gasteiger partial charge in [0.2, 0.25) is 0 Å². The van der Waals surface area contributed by atoms with E-state index in [0.29, 0.717) is 34.1 Å². The molecule has 8 nitrogen and oxygen atoms in total. The standard InChI is InChI=1S/C30H24N2O6/c1-3-31(4-2)21-10-8-19(9-11-21)30(36)38-24-16-20-6-5-7-25-27(20)26(17-24)29(35)32(28(25)34)22-12-14-23(15-13-22)37-18-33/h5-18H,3-4H2,1-2H3. The van der Waals surface area contributed by atoms with E-state index in [0.717, 1.165) is 23.7 Å². The number of amides is 2. The van der Waals surface area contributed by atoms with Crippen molar-refractivity contribution in [2.45, 2.75) is 13.8 Å². The molecule has 0 radical (unpaired) electrons. The molecule has 5 rings (SSSR count). The van der Waals surface area contributed by atoms with Crippen LogP contribution in [-0.4, -0.2) is 37.3 Å². The quantitative estimate of drug-likeness (QED) is 0.139. The SMILES string of the molecule is CCN(CC)c1ccc(C(=O)Oc2cc3c4c(cccc4c2)C(=O)N(c2ccc(OC=O)cc2)C3=O)cc1. The van der Waals surface area contributed by atoms with Crippen LogP contribution < -0.4 is 19.3 Å². The van der Waals surface area contributed by atoms with Gasteiger partial charge < -0.3 is 14.4 Å². The molecule has 0 saturated carbocycles. The molecule has 2 amide bonds. The van der Waals surface area contributed by atoms with Crippen LogP contribution in [0, 0.1) is 0 Å². The van der Waals surface area contributed by atoms with E-state index >= 15 is 0 Å². The van der Waals surface area contributed by atoms with E-state index < -0.39 is 17.8 Å². The molecule has 0 spiro atoms. The molecule has 0 aliphatic carbocycles. The maximum Gasteiger partial charge on any atom is 0.343 e. The van der Waals surface area contributed by atoms with Crippen LogP contribution in [0.2, 0.25) is 0 Å². The van der Waals surface area contributed by atoms with Gasteiger partial charge in [-0.1, -0.05) is 12.1 Å². The van der Waals surface area contributed by atoms with Crippen LogP contribution in [0.4, 0.5) is 11.4 Å². The van der Waals surface area contributed by atoms with Gasteiger partial charge in [0.05, 0.1) is 16.8 Å². The topological polar surface area (TPSA) is 93.2 Å². The van der Waals surface area contributed by atoms with E-state index in [4.69, 9.17) is 9.47 Å². The summed E-state index contributed by atoms with van der Waals surface area (Å²) in [5, 5.41) is 1.11. The van der Waals surface area contributed by atoms with Gasteiger partial charge in [0.1, 0.15) is 11.5 Å². The minimum atomic E-state index is -0.555. The Kier molecular flexibility index (Phi) is 6.62. The molecular weight excluding hydrogens is 484 g/mol. The van der Waals surface area contributed by atoms with Crippen molar-refractivity contribution in [3.63, 3.8) is 0 Å². The normalized spacial score (nSPS) is 12.4. The molecule has 1 aliphatic rings. The highest BCUT2D eigenvalue weighted by atomic mass is 16.5. The third kappa shape index (κ3) is 4.37. The van der Waals surface area contributed by atoms with Crippen LogP contribution in [0.3, 0.4) is 0 Å². The predicted molar refractivity (Wildman–Crippen MR) is 143 cm³/mol. The van der Waals surface area contributed by atoms with Gasteiger partial charge in [0.15, 0.2) is 0 Å². The Bertz CT molecular complexity index is 1560. The van der Waals surface area contributed by atoms with Gasteiger partial charge >= 0.3 is 5.97 Å². The van der Waals surface area contributed by atoms with E-state index in [1.165, 1.54) is 30.3 Å². The number of carbonyl (C=O) groups excluding carboxylic acids is 4. The van der Waals surface area contributed by atoms with Gasteiger partial charge in [-0.25, -0.2) is 9.69 Å². The van der Waals surface area contributed by atoms with Crippen molar-refractivity contribution in [1.82, 2.24) is 0 Å². The second-order valence-corrected chi connectivity index (χ2v) is 8.64. The fourth-order valence-corrected chi connectivity index (χ4v) is 4.67. The number of carbonyl (C=O) groups is 4. The van der Waals surface area contributed by atoms with Crippen LogP contribution >= 0.6 is 0 Å². The Labute approximate surface area is 219 Å². The number of esters is 1. The summed E-state index contributed by atoms with van der Waals surface area (Å²) < 4.78 is 10.5. The van der Waals surface area contributed by atoms with E-state index in [-0.39, 0.29) is 17.1 Å². The van der Waals surface area contributed by atoms with Gasteiger partial charge in [-0.3, -0.25) is 14.4 Å². The van der Waals surface area contributed by atoms with Crippen molar-refractivity contribution in [2.75, 3.05) is 22.9 Å². The summed E-state index contributed by atoms with van der Waals surface area (Å²) in [7, 11) is 0. The lowest BCUT2D eigenvalue weighted by Gasteiger charge is -2.27. The average Bonchev–Trinajstić information content (AvgIpc) is 2.93. The maximum absolute atomic E-state index is 13.6. The summed E-state index contributed by atoms with van der Waals surface area (Å²) in [5.74, 6) is -1.11. The van der Waals surface area contributed by atoms with Crippen molar-refractivity contribution in [3.8, 4) is 11.5 Å². The number of nitrogens with zero attached hydrogens (tertiary/aromatic N) is 2. The lowest BCUT2D eigenvalue weighted by atomic mass is 9.93. The molecule has 38 heavy (non-hydrogen) atoms. The molecule has 1 aliphatic heterocycles. The van der Waals surface area contributed by atoms with Gasteiger partial charge in [0.25, 0.3) is 18.3 Å². The first kappa shape index (κ1) is 24.7. The molecule has 0 saturated heterocycles. The summed E-state index contributed by atoms with van der Waals surface area (Å²) in [6, 6.07) is 21.5. The summed E-state index contributed by atoms with van der Waals surface area (Å²) in [6.45, 7) is 6.14. The molecule has 0 N–H and O–H groups in total. The number of anilines is 2. The van der Waals surface area contributed by atoms with Crippen molar-refractivity contribution in [3.05, 3.63) is 95.6 Å². The first-order valence-corrected chi connectivity index (χ1v) is 12.2. The largest absolute Gasteiger partial charge is 0.429 e. The molecule has 0 fully saturated rings. The van der Waals surface area contributed by atoms with Crippen molar-refractivity contribution < 1.29 is 28.7 Å². The van der Waals surface area contributed by atoms with Gasteiger partial charge in [-0.15, -0.1) is 0 Å². The zero-order valence-electron chi connectivity index (χ0n) is 20.8. The van der Waals surface area contributed by atoms with Crippen LogP contribution in [0.25, 0.3) is 10.8 Å². The average molecular weight is 509 g/mol. The fraction of sp³-hybridized carbons (Fsp3) is 0.133. The summed E-state index contributed by atoms with van der Waals surface area (Å²) >= 11 is 0. The van der Waals surface area contributed by atoms with E-state index in [1.807, 2.05) is 12.1 Å². The van der Waals surface area contributed by atoms with Gasteiger partial charge in [-0.05, 0) is 86.0 Å². The van der Waals surface area contributed by atoms with E-state index in [9.17, 15) is 19.2 Å². The number of rotatable bonds is 8. The Morgan fingerprint density at radius 1 is 0.842 bits per heavy atom. The zero-order chi connectivity index (χ0) is 26.8. The molecule has 8 heteroatoms. The maximum atomic E-state index is 13.6. The van der Waals surface area contributed by atoms with Crippen molar-refractivity contribution >= 4 is 46.4 Å². The van der Waals surface area contributed by atoms with Crippen molar-refractivity contribution in [2.24, 2.45) is 0 Å². The highest BCUT2D eigenvalue weighted by Crippen LogP contribution is 2.36. The molecule has 0 unspecified atom stereocenters. The number of hydrogen-bond acceptors (Lipinski definition) is 7. The number of benzene rings is 4. The second kappa shape index (κ2) is 10.2. The first-order valence-electron chi connectivity index (χ1n) is 12.2. The summed E-state index contributed by atoms with van der Waals surface area (Å²) in [6.07, 6.45) is 0. The number of ether oxygens (including phenoxy) is 2. The lowest BCUT2D eigenvalue weighted by molar-refractivity contribution is -0.120. The minimum Gasteiger partial charge on any atom is -0.429 e.